The lowest BCUT2D eigenvalue weighted by molar-refractivity contribution is -0.106. The van der Waals surface area contributed by atoms with Crippen LogP contribution in [0.25, 0.3) is 0 Å². The van der Waals surface area contributed by atoms with E-state index in [-0.39, 0.29) is 13.0 Å². The van der Waals surface area contributed by atoms with Crippen LogP contribution >= 0.6 is 0 Å². The Kier molecular flexibility index (Phi) is 12.5. The molecule has 8 heavy (non-hydrogen) atoms. The van der Waals surface area contributed by atoms with Crippen LogP contribution in [0.2, 0.25) is 0 Å². The van der Waals surface area contributed by atoms with E-state index in [4.69, 9.17) is 15.0 Å². The van der Waals surface area contributed by atoms with Crippen molar-refractivity contribution in [3.8, 4) is 0 Å². The van der Waals surface area contributed by atoms with E-state index in [1.807, 2.05) is 0 Å². The maximum atomic E-state index is 8.58. The molecule has 0 radical (unpaired) electrons. The summed E-state index contributed by atoms with van der Waals surface area (Å²) in [6.45, 7) is 1.39. The number of carbonyl (C=O) groups excluding carboxylic acids is 1. The molecule has 0 heterocycles. The van der Waals surface area contributed by atoms with Crippen LogP contribution in [0.5, 0.6) is 0 Å². The molecule has 4 nitrogen and oxygen atoms in total. The number of primary amides is 1. The van der Waals surface area contributed by atoms with Gasteiger partial charge in [-0.05, 0) is 6.92 Å². The summed E-state index contributed by atoms with van der Waals surface area (Å²) in [6, 6.07) is 0. The topological polar surface area (TPSA) is 83.6 Å². The highest BCUT2D eigenvalue weighted by Gasteiger charge is 1.83. The number of rotatable bonds is 1. The number of hydrogen-bond acceptors (Lipinski definition) is 3. The Labute approximate surface area is 47.9 Å². The molecule has 0 saturated heterocycles. The fourth-order valence-electron chi connectivity index (χ4n) is 0. The second kappa shape index (κ2) is 9.63. The van der Waals surface area contributed by atoms with Crippen LogP contribution in [-0.4, -0.2) is 29.3 Å². The minimum Gasteiger partial charge on any atom is -0.394 e. The summed E-state index contributed by atoms with van der Waals surface area (Å²) in [5.74, 6) is 0. The number of aliphatic hydroxyl groups is 2. The fourth-order valence-corrected chi connectivity index (χ4v) is 0. The third kappa shape index (κ3) is 53.8. The van der Waals surface area contributed by atoms with E-state index in [1.54, 1.807) is 0 Å². The summed E-state index contributed by atoms with van der Waals surface area (Å²) in [5.41, 5.74) is 4.17. The number of hydrogen-bond donors (Lipinski definition) is 3. The standard InChI is InChI=1S/C3H8O2.CH3NO/c1-3(5)2-4;2-1-3/h3-5H,2H2,1H3;1H,(H2,2,3). The second-order valence-corrected chi connectivity index (χ2v) is 1.17. The number of aliphatic hydroxyl groups excluding tert-OH is 2. The van der Waals surface area contributed by atoms with E-state index in [0.717, 1.165) is 0 Å². The van der Waals surface area contributed by atoms with Crippen LogP contribution in [0.3, 0.4) is 0 Å². The van der Waals surface area contributed by atoms with Crippen molar-refractivity contribution in [2.45, 2.75) is 13.0 Å². The van der Waals surface area contributed by atoms with Crippen molar-refractivity contribution in [3.63, 3.8) is 0 Å². The van der Waals surface area contributed by atoms with Crippen molar-refractivity contribution in [1.29, 1.82) is 0 Å². The van der Waals surface area contributed by atoms with Gasteiger partial charge in [-0.2, -0.15) is 0 Å². The van der Waals surface area contributed by atoms with E-state index in [0.29, 0.717) is 0 Å². The van der Waals surface area contributed by atoms with Crippen molar-refractivity contribution >= 4 is 6.41 Å². The zero-order valence-corrected chi connectivity index (χ0v) is 4.74. The van der Waals surface area contributed by atoms with Crippen LogP contribution in [0.15, 0.2) is 0 Å². The van der Waals surface area contributed by atoms with Gasteiger partial charge in [0.15, 0.2) is 0 Å². The van der Waals surface area contributed by atoms with Crippen LogP contribution in [0, 0.1) is 0 Å². The average Bonchev–Trinajstić information content (AvgIpc) is 1.69. The largest absolute Gasteiger partial charge is 0.394 e. The minimum atomic E-state index is -0.560. The normalized spacial score (nSPS) is 10.9. The van der Waals surface area contributed by atoms with Gasteiger partial charge < -0.3 is 15.9 Å². The lowest BCUT2D eigenvalue weighted by Gasteiger charge is -1.90. The molecule has 0 rings (SSSR count). The number of nitrogens with two attached hydrogens (primary N) is 1. The third-order valence-corrected chi connectivity index (χ3v) is 0.264. The van der Waals surface area contributed by atoms with Crippen LogP contribution in [0.1, 0.15) is 6.92 Å². The molecule has 0 aromatic rings. The van der Waals surface area contributed by atoms with E-state index in [9.17, 15) is 0 Å². The van der Waals surface area contributed by atoms with Gasteiger partial charge in [0.2, 0.25) is 6.41 Å². The Bertz CT molecular complexity index is 46.5. The molecule has 1 unspecified atom stereocenters. The summed E-state index contributed by atoms with van der Waals surface area (Å²) < 4.78 is 0. The summed E-state index contributed by atoms with van der Waals surface area (Å²) in [7, 11) is 0. The summed E-state index contributed by atoms with van der Waals surface area (Å²) >= 11 is 0. The molecule has 0 aromatic heterocycles. The first-order valence-corrected chi connectivity index (χ1v) is 2.13. The van der Waals surface area contributed by atoms with E-state index in [2.05, 4.69) is 5.73 Å². The molecule has 50 valence electrons. The Morgan fingerprint density at radius 1 is 1.88 bits per heavy atom. The number of amides is 1. The molecule has 1 atom stereocenters. The highest BCUT2D eigenvalue weighted by atomic mass is 16.3. The molecule has 0 bridgehead atoms. The molecule has 0 saturated carbocycles. The molecule has 1 amide bonds. The molecule has 0 aliphatic heterocycles. The predicted molar refractivity (Wildman–Crippen MR) is 29.0 cm³/mol. The van der Waals surface area contributed by atoms with E-state index >= 15 is 0 Å². The monoisotopic (exact) mass is 121 g/mol. The highest BCUT2D eigenvalue weighted by Crippen LogP contribution is 1.68. The smallest absolute Gasteiger partial charge is 0.204 e. The first-order chi connectivity index (χ1) is 3.68. The fraction of sp³-hybridized carbons (Fsp3) is 0.750. The maximum Gasteiger partial charge on any atom is 0.204 e. The molecule has 0 fully saturated rings. The van der Waals surface area contributed by atoms with Gasteiger partial charge in [0.1, 0.15) is 0 Å². The Morgan fingerprint density at radius 2 is 2.00 bits per heavy atom. The van der Waals surface area contributed by atoms with Crippen LogP contribution < -0.4 is 5.73 Å². The molecule has 4 heteroatoms. The van der Waals surface area contributed by atoms with Crippen molar-refractivity contribution < 1.29 is 15.0 Å². The first kappa shape index (κ1) is 10.4. The van der Waals surface area contributed by atoms with E-state index < -0.39 is 6.10 Å². The van der Waals surface area contributed by atoms with Gasteiger partial charge in [-0.3, -0.25) is 4.79 Å². The van der Waals surface area contributed by atoms with Crippen LogP contribution in [-0.2, 0) is 4.79 Å². The Hall–Kier alpha value is -0.610. The molecule has 0 aliphatic rings. The molecule has 4 N–H and O–H groups in total. The first-order valence-electron chi connectivity index (χ1n) is 2.13. The second-order valence-electron chi connectivity index (χ2n) is 1.17. The third-order valence-electron chi connectivity index (χ3n) is 0.264. The van der Waals surface area contributed by atoms with Gasteiger partial charge >= 0.3 is 0 Å². The quantitative estimate of drug-likeness (QED) is 0.368. The van der Waals surface area contributed by atoms with Crippen LogP contribution in [0.4, 0.5) is 0 Å². The maximum absolute atomic E-state index is 8.58. The van der Waals surface area contributed by atoms with Gasteiger partial charge in [0.25, 0.3) is 0 Å². The van der Waals surface area contributed by atoms with Gasteiger partial charge in [-0.15, -0.1) is 0 Å². The lowest BCUT2D eigenvalue weighted by Crippen LogP contribution is -2.03. The molecule has 0 aromatic carbocycles. The van der Waals surface area contributed by atoms with Crippen molar-refractivity contribution in [2.24, 2.45) is 5.73 Å². The molecular weight excluding hydrogens is 110 g/mol. The van der Waals surface area contributed by atoms with Gasteiger partial charge in [-0.25, -0.2) is 0 Å². The Morgan fingerprint density at radius 3 is 2.00 bits per heavy atom. The average molecular weight is 121 g/mol. The Balaban J connectivity index is 0. The highest BCUT2D eigenvalue weighted by molar-refractivity contribution is 5.42. The molecule has 0 aliphatic carbocycles. The van der Waals surface area contributed by atoms with Gasteiger partial charge in [0.05, 0.1) is 12.7 Å². The van der Waals surface area contributed by atoms with Gasteiger partial charge in [0, 0.05) is 0 Å². The summed E-state index contributed by atoms with van der Waals surface area (Å²) in [4.78, 5) is 8.58. The van der Waals surface area contributed by atoms with Crippen molar-refractivity contribution in [2.75, 3.05) is 6.61 Å². The SMILES string of the molecule is CC(O)CO.NC=O. The zero-order valence-electron chi connectivity index (χ0n) is 4.74. The zero-order chi connectivity index (χ0) is 6.99. The van der Waals surface area contributed by atoms with Gasteiger partial charge in [-0.1, -0.05) is 0 Å². The molecular formula is C4H11NO3. The van der Waals surface area contributed by atoms with Crippen molar-refractivity contribution in [1.82, 2.24) is 0 Å². The lowest BCUT2D eigenvalue weighted by atomic mass is 10.5. The summed E-state index contributed by atoms with van der Waals surface area (Å²) in [6.07, 6.45) is -0.310. The molecule has 0 spiro atoms. The summed E-state index contributed by atoms with van der Waals surface area (Å²) in [5, 5.41) is 16.0. The van der Waals surface area contributed by atoms with Crippen molar-refractivity contribution in [3.05, 3.63) is 0 Å². The van der Waals surface area contributed by atoms with E-state index in [1.165, 1.54) is 6.92 Å². The predicted octanol–water partition coefficient (Wildman–Crippen LogP) is -1.54. The minimum absolute atomic E-state index is 0.139. The number of carbonyl (C=O) groups is 1.